The summed E-state index contributed by atoms with van der Waals surface area (Å²) in [6.45, 7) is 4.32. The van der Waals surface area contributed by atoms with Crippen LogP contribution in [-0.4, -0.2) is 39.7 Å². The molecule has 122 valence electrons. The molecule has 1 aromatic carbocycles. The lowest BCUT2D eigenvalue weighted by atomic mass is 10.0. The first-order valence-electron chi connectivity index (χ1n) is 7.78. The average Bonchev–Trinajstić information content (AvgIpc) is 2.55. The molecule has 0 aliphatic carbocycles. The number of aliphatic hydroxyl groups excluding tert-OH is 1. The molecule has 2 heterocycles. The highest BCUT2D eigenvalue weighted by molar-refractivity contribution is 5.31. The van der Waals surface area contributed by atoms with Crippen LogP contribution in [0.4, 0.5) is 4.39 Å². The van der Waals surface area contributed by atoms with Crippen LogP contribution in [0.5, 0.6) is 5.88 Å². The number of hydrogen-bond donors (Lipinski definition) is 1. The number of ether oxygens (including phenoxy) is 1. The number of aromatic nitrogens is 2. The second-order valence-electron chi connectivity index (χ2n) is 5.59. The third-order valence-electron chi connectivity index (χ3n) is 3.99. The molecule has 0 radical (unpaired) electrons. The Hall–Kier alpha value is -2.05. The zero-order chi connectivity index (χ0) is 16.2. The predicted octanol–water partition coefficient (Wildman–Crippen LogP) is 2.11. The summed E-state index contributed by atoms with van der Waals surface area (Å²) in [5.74, 6) is 0.278. The van der Waals surface area contributed by atoms with Gasteiger partial charge in [-0.1, -0.05) is 12.1 Å². The van der Waals surface area contributed by atoms with Gasteiger partial charge in [-0.25, -0.2) is 14.4 Å². The highest BCUT2D eigenvalue weighted by Crippen LogP contribution is 2.26. The van der Waals surface area contributed by atoms with Crippen molar-refractivity contribution in [3.8, 4) is 5.88 Å². The summed E-state index contributed by atoms with van der Waals surface area (Å²) < 4.78 is 18.9. The molecular weight excluding hydrogens is 297 g/mol. The van der Waals surface area contributed by atoms with Crippen LogP contribution in [0.2, 0.25) is 0 Å². The predicted molar refractivity (Wildman–Crippen MR) is 83.5 cm³/mol. The lowest BCUT2D eigenvalue weighted by Crippen LogP contribution is -2.35. The highest BCUT2D eigenvalue weighted by atomic mass is 19.1. The smallest absolute Gasteiger partial charge is 0.221 e. The quantitative estimate of drug-likeness (QED) is 0.915. The van der Waals surface area contributed by atoms with E-state index in [1.165, 1.54) is 18.5 Å². The Bertz CT molecular complexity index is 681. The van der Waals surface area contributed by atoms with Gasteiger partial charge in [-0.3, -0.25) is 4.90 Å². The van der Waals surface area contributed by atoms with Crippen LogP contribution in [0, 0.1) is 5.82 Å². The summed E-state index contributed by atoms with van der Waals surface area (Å²) in [7, 11) is 0. The van der Waals surface area contributed by atoms with Gasteiger partial charge in [0.15, 0.2) is 0 Å². The third-order valence-corrected chi connectivity index (χ3v) is 3.99. The van der Waals surface area contributed by atoms with Crippen LogP contribution in [-0.2, 0) is 13.0 Å². The first-order chi connectivity index (χ1) is 11.2. The molecule has 1 aliphatic rings. The molecule has 6 heteroatoms. The number of rotatable bonds is 5. The molecule has 0 saturated heterocycles. The fourth-order valence-corrected chi connectivity index (χ4v) is 2.85. The van der Waals surface area contributed by atoms with E-state index >= 15 is 0 Å². The Labute approximate surface area is 134 Å². The molecule has 2 aromatic rings. The van der Waals surface area contributed by atoms with Crippen molar-refractivity contribution in [2.45, 2.75) is 26.0 Å². The van der Waals surface area contributed by atoms with Gasteiger partial charge in [0.05, 0.1) is 18.4 Å². The summed E-state index contributed by atoms with van der Waals surface area (Å²) in [4.78, 5) is 10.6. The van der Waals surface area contributed by atoms with E-state index in [-0.39, 0.29) is 5.82 Å². The van der Waals surface area contributed by atoms with E-state index in [1.807, 2.05) is 6.92 Å². The molecule has 0 fully saturated rings. The number of benzene rings is 1. The van der Waals surface area contributed by atoms with Crippen molar-refractivity contribution in [3.05, 3.63) is 53.2 Å². The monoisotopic (exact) mass is 317 g/mol. The van der Waals surface area contributed by atoms with Crippen molar-refractivity contribution in [2.75, 3.05) is 19.7 Å². The van der Waals surface area contributed by atoms with E-state index in [4.69, 9.17) is 4.74 Å². The minimum atomic E-state index is -0.729. The van der Waals surface area contributed by atoms with Gasteiger partial charge in [-0.15, -0.1) is 0 Å². The fraction of sp³-hybridized carbons (Fsp3) is 0.412. The molecule has 0 bridgehead atoms. The van der Waals surface area contributed by atoms with E-state index in [0.29, 0.717) is 31.1 Å². The van der Waals surface area contributed by atoms with Crippen LogP contribution >= 0.6 is 0 Å². The van der Waals surface area contributed by atoms with Crippen molar-refractivity contribution in [3.63, 3.8) is 0 Å². The van der Waals surface area contributed by atoms with Gasteiger partial charge in [-0.05, 0) is 24.6 Å². The molecule has 0 amide bonds. The summed E-state index contributed by atoms with van der Waals surface area (Å²) in [6, 6.07) is 6.09. The summed E-state index contributed by atoms with van der Waals surface area (Å²) >= 11 is 0. The molecule has 5 nitrogen and oxygen atoms in total. The van der Waals surface area contributed by atoms with Crippen LogP contribution < -0.4 is 4.74 Å². The Morgan fingerprint density at radius 2 is 2.26 bits per heavy atom. The Kier molecular flexibility index (Phi) is 4.83. The van der Waals surface area contributed by atoms with Crippen LogP contribution in [0.1, 0.15) is 29.8 Å². The summed E-state index contributed by atoms with van der Waals surface area (Å²) in [6.07, 6.45) is 1.59. The molecule has 0 spiro atoms. The zero-order valence-electron chi connectivity index (χ0n) is 13.1. The van der Waals surface area contributed by atoms with Crippen molar-refractivity contribution >= 4 is 0 Å². The van der Waals surface area contributed by atoms with Gasteiger partial charge in [-0.2, -0.15) is 0 Å². The van der Waals surface area contributed by atoms with Gasteiger partial charge in [0, 0.05) is 31.6 Å². The van der Waals surface area contributed by atoms with Crippen molar-refractivity contribution in [2.24, 2.45) is 0 Å². The lowest BCUT2D eigenvalue weighted by molar-refractivity contribution is 0.104. The van der Waals surface area contributed by atoms with E-state index in [1.54, 1.807) is 12.1 Å². The molecule has 0 saturated carbocycles. The van der Waals surface area contributed by atoms with Gasteiger partial charge in [0.1, 0.15) is 12.1 Å². The SMILES string of the molecule is CCOc1ncnc2c1CN(C[C@H](O)c1cccc(F)c1)CC2. The minimum absolute atomic E-state index is 0.336. The Balaban J connectivity index is 1.72. The standard InChI is InChI=1S/C17H20FN3O2/c1-2-23-17-14-9-21(7-6-15(14)19-11-20-17)10-16(22)12-4-3-5-13(18)8-12/h3-5,8,11,16,22H,2,6-7,9-10H2,1H3/t16-/m0/s1. The van der Waals surface area contributed by atoms with Crippen LogP contribution in [0.15, 0.2) is 30.6 Å². The first kappa shape index (κ1) is 15.8. The molecule has 1 aliphatic heterocycles. The molecular formula is C17H20FN3O2. The molecule has 1 aromatic heterocycles. The van der Waals surface area contributed by atoms with Crippen molar-refractivity contribution in [1.29, 1.82) is 0 Å². The third kappa shape index (κ3) is 3.65. The maximum absolute atomic E-state index is 13.3. The number of halogens is 1. The second kappa shape index (κ2) is 7.02. The Morgan fingerprint density at radius 3 is 3.04 bits per heavy atom. The first-order valence-corrected chi connectivity index (χ1v) is 7.78. The van der Waals surface area contributed by atoms with E-state index in [9.17, 15) is 9.50 Å². The molecule has 1 N–H and O–H groups in total. The normalized spacial score (nSPS) is 16.0. The van der Waals surface area contributed by atoms with E-state index in [2.05, 4.69) is 14.9 Å². The molecule has 23 heavy (non-hydrogen) atoms. The number of β-amino-alcohol motifs (C(OH)–C–C–N with tert-alkyl or cyclic N) is 1. The number of fused-ring (bicyclic) bond motifs is 1. The Morgan fingerprint density at radius 1 is 1.39 bits per heavy atom. The van der Waals surface area contributed by atoms with E-state index < -0.39 is 6.10 Å². The molecule has 0 unspecified atom stereocenters. The largest absolute Gasteiger partial charge is 0.478 e. The number of hydrogen-bond acceptors (Lipinski definition) is 5. The number of aliphatic hydroxyl groups is 1. The highest BCUT2D eigenvalue weighted by Gasteiger charge is 2.23. The minimum Gasteiger partial charge on any atom is -0.478 e. The fourth-order valence-electron chi connectivity index (χ4n) is 2.85. The number of nitrogens with zero attached hydrogens (tertiary/aromatic N) is 3. The summed E-state index contributed by atoms with van der Waals surface area (Å²) in [5.41, 5.74) is 2.57. The summed E-state index contributed by atoms with van der Waals surface area (Å²) in [5, 5.41) is 10.3. The second-order valence-corrected chi connectivity index (χ2v) is 5.59. The maximum atomic E-state index is 13.3. The van der Waals surface area contributed by atoms with Gasteiger partial charge < -0.3 is 9.84 Å². The van der Waals surface area contributed by atoms with Gasteiger partial charge in [0.25, 0.3) is 0 Å². The average molecular weight is 317 g/mol. The van der Waals surface area contributed by atoms with Gasteiger partial charge >= 0.3 is 0 Å². The molecule has 3 rings (SSSR count). The van der Waals surface area contributed by atoms with Crippen molar-refractivity contribution < 1.29 is 14.2 Å². The maximum Gasteiger partial charge on any atom is 0.221 e. The van der Waals surface area contributed by atoms with Crippen LogP contribution in [0.25, 0.3) is 0 Å². The zero-order valence-corrected chi connectivity index (χ0v) is 13.1. The van der Waals surface area contributed by atoms with Crippen molar-refractivity contribution in [1.82, 2.24) is 14.9 Å². The lowest BCUT2D eigenvalue weighted by Gasteiger charge is -2.30. The van der Waals surface area contributed by atoms with Crippen LogP contribution in [0.3, 0.4) is 0 Å². The molecule has 1 atom stereocenters. The van der Waals surface area contributed by atoms with E-state index in [0.717, 1.165) is 24.2 Å². The topological polar surface area (TPSA) is 58.5 Å². The van der Waals surface area contributed by atoms with Gasteiger partial charge in [0.2, 0.25) is 5.88 Å².